The lowest BCUT2D eigenvalue weighted by Crippen LogP contribution is -2.29. The molecule has 164 valence electrons. The highest BCUT2D eigenvalue weighted by atomic mass is 16.5. The molecule has 31 heavy (non-hydrogen) atoms. The molecule has 4 rings (SSSR count). The standard InChI is InChI=1S/C24H30N4O3/c1-17-21(24(30)27-12-3-4-13-27)15-25-23(26-17)19-11-14-28(16-19)22(29)10-7-18-5-8-20(31-2)9-6-18/h5-6,8-9,15,19H,3-4,7,10-14,16H2,1-2H3. The van der Waals surface area contributed by atoms with Crippen LogP contribution in [0.25, 0.3) is 0 Å². The summed E-state index contributed by atoms with van der Waals surface area (Å²) < 4.78 is 5.18. The lowest BCUT2D eigenvalue weighted by molar-refractivity contribution is -0.130. The first-order valence-corrected chi connectivity index (χ1v) is 11.1. The highest BCUT2D eigenvalue weighted by Gasteiger charge is 2.30. The maximum absolute atomic E-state index is 12.7. The van der Waals surface area contributed by atoms with Crippen LogP contribution >= 0.6 is 0 Å². The molecule has 2 aliphatic heterocycles. The number of hydrogen-bond donors (Lipinski definition) is 0. The molecule has 0 saturated carbocycles. The van der Waals surface area contributed by atoms with E-state index in [0.717, 1.165) is 61.7 Å². The fourth-order valence-corrected chi connectivity index (χ4v) is 4.38. The third-order valence-electron chi connectivity index (χ3n) is 6.31. The summed E-state index contributed by atoms with van der Waals surface area (Å²) in [6.07, 6.45) is 5.86. The van der Waals surface area contributed by atoms with Gasteiger partial charge < -0.3 is 14.5 Å². The number of likely N-dealkylation sites (tertiary alicyclic amines) is 2. The van der Waals surface area contributed by atoms with Crippen molar-refractivity contribution in [1.29, 1.82) is 0 Å². The van der Waals surface area contributed by atoms with Crippen molar-refractivity contribution in [3.63, 3.8) is 0 Å². The number of rotatable bonds is 6. The molecule has 1 aromatic carbocycles. The van der Waals surface area contributed by atoms with Gasteiger partial charge >= 0.3 is 0 Å². The van der Waals surface area contributed by atoms with Crippen molar-refractivity contribution in [3.8, 4) is 5.75 Å². The van der Waals surface area contributed by atoms with E-state index in [2.05, 4.69) is 9.97 Å². The maximum Gasteiger partial charge on any atom is 0.257 e. The highest BCUT2D eigenvalue weighted by molar-refractivity contribution is 5.95. The molecule has 3 heterocycles. The number of carbonyl (C=O) groups excluding carboxylic acids is 2. The van der Waals surface area contributed by atoms with Crippen molar-refractivity contribution < 1.29 is 14.3 Å². The molecule has 7 heteroatoms. The Morgan fingerprint density at radius 2 is 1.84 bits per heavy atom. The Hall–Kier alpha value is -2.96. The smallest absolute Gasteiger partial charge is 0.257 e. The molecule has 0 N–H and O–H groups in total. The topological polar surface area (TPSA) is 75.6 Å². The van der Waals surface area contributed by atoms with Gasteiger partial charge in [0.2, 0.25) is 5.91 Å². The summed E-state index contributed by atoms with van der Waals surface area (Å²) in [5, 5.41) is 0. The second-order valence-electron chi connectivity index (χ2n) is 8.40. The van der Waals surface area contributed by atoms with Gasteiger partial charge in [-0.05, 0) is 50.3 Å². The quantitative estimate of drug-likeness (QED) is 0.715. The first-order valence-electron chi connectivity index (χ1n) is 11.1. The number of aromatic nitrogens is 2. The summed E-state index contributed by atoms with van der Waals surface area (Å²) in [7, 11) is 1.65. The molecule has 0 aliphatic carbocycles. The van der Waals surface area contributed by atoms with E-state index in [0.29, 0.717) is 24.9 Å². The van der Waals surface area contributed by atoms with Crippen molar-refractivity contribution in [2.45, 2.75) is 44.9 Å². The van der Waals surface area contributed by atoms with Crippen molar-refractivity contribution >= 4 is 11.8 Å². The Kier molecular flexibility index (Phi) is 6.49. The molecule has 0 spiro atoms. The molecule has 1 atom stereocenters. The van der Waals surface area contributed by atoms with Gasteiger partial charge in [-0.2, -0.15) is 0 Å². The third-order valence-corrected chi connectivity index (χ3v) is 6.31. The Labute approximate surface area is 183 Å². The van der Waals surface area contributed by atoms with Crippen LogP contribution in [0.1, 0.15) is 59.0 Å². The maximum atomic E-state index is 12.7. The van der Waals surface area contributed by atoms with Crippen LogP contribution in [0.5, 0.6) is 5.75 Å². The average molecular weight is 423 g/mol. The van der Waals surface area contributed by atoms with E-state index < -0.39 is 0 Å². The van der Waals surface area contributed by atoms with Crippen molar-refractivity contribution in [2.24, 2.45) is 0 Å². The molecule has 2 aromatic rings. The van der Waals surface area contributed by atoms with Crippen molar-refractivity contribution in [1.82, 2.24) is 19.8 Å². The molecular formula is C24H30N4O3. The van der Waals surface area contributed by atoms with Gasteiger partial charge in [-0.1, -0.05) is 12.1 Å². The summed E-state index contributed by atoms with van der Waals surface area (Å²) in [5.74, 6) is 1.88. The lowest BCUT2D eigenvalue weighted by Gasteiger charge is -2.18. The zero-order valence-electron chi connectivity index (χ0n) is 18.3. The van der Waals surface area contributed by atoms with Crippen LogP contribution in [0.2, 0.25) is 0 Å². The number of methoxy groups -OCH3 is 1. The van der Waals surface area contributed by atoms with Crippen LogP contribution in [-0.4, -0.2) is 64.9 Å². The summed E-state index contributed by atoms with van der Waals surface area (Å²) in [6, 6.07) is 7.84. The Bertz CT molecular complexity index is 938. The molecule has 2 saturated heterocycles. The molecule has 1 aromatic heterocycles. The van der Waals surface area contributed by atoms with Crippen LogP contribution < -0.4 is 4.74 Å². The van der Waals surface area contributed by atoms with Gasteiger partial charge in [0.15, 0.2) is 0 Å². The van der Waals surface area contributed by atoms with Crippen LogP contribution in [0.3, 0.4) is 0 Å². The minimum Gasteiger partial charge on any atom is -0.497 e. The number of carbonyl (C=O) groups is 2. The second-order valence-corrected chi connectivity index (χ2v) is 8.40. The van der Waals surface area contributed by atoms with E-state index in [4.69, 9.17) is 4.74 Å². The van der Waals surface area contributed by atoms with Crippen LogP contribution in [0, 0.1) is 6.92 Å². The lowest BCUT2D eigenvalue weighted by atomic mass is 10.1. The zero-order chi connectivity index (χ0) is 21.8. The fourth-order valence-electron chi connectivity index (χ4n) is 4.38. The number of benzene rings is 1. The molecule has 1 unspecified atom stereocenters. The normalized spacial score (nSPS) is 18.5. The molecule has 2 fully saturated rings. The van der Waals surface area contributed by atoms with Gasteiger partial charge in [0.05, 0.1) is 18.4 Å². The largest absolute Gasteiger partial charge is 0.497 e. The van der Waals surface area contributed by atoms with Gasteiger partial charge in [-0.15, -0.1) is 0 Å². The minimum atomic E-state index is 0.0308. The van der Waals surface area contributed by atoms with Crippen LogP contribution in [-0.2, 0) is 11.2 Å². The van der Waals surface area contributed by atoms with Gasteiger partial charge in [0.1, 0.15) is 11.6 Å². The predicted octanol–water partition coefficient (Wildman–Crippen LogP) is 2.98. The summed E-state index contributed by atoms with van der Waals surface area (Å²) >= 11 is 0. The van der Waals surface area contributed by atoms with E-state index in [9.17, 15) is 9.59 Å². The Balaban J connectivity index is 1.32. The second kappa shape index (κ2) is 9.45. The van der Waals surface area contributed by atoms with Gasteiger partial charge in [-0.25, -0.2) is 9.97 Å². The van der Waals surface area contributed by atoms with Crippen molar-refractivity contribution in [3.05, 3.63) is 53.1 Å². The zero-order valence-corrected chi connectivity index (χ0v) is 18.3. The first kappa shape index (κ1) is 21.3. The van der Waals surface area contributed by atoms with E-state index in [-0.39, 0.29) is 17.7 Å². The average Bonchev–Trinajstić information content (AvgIpc) is 3.50. The SMILES string of the molecule is COc1ccc(CCC(=O)N2CCC(c3ncc(C(=O)N4CCCC4)c(C)n3)C2)cc1. The molecule has 0 radical (unpaired) electrons. The van der Waals surface area contributed by atoms with Crippen LogP contribution in [0.15, 0.2) is 30.5 Å². The fraction of sp³-hybridized carbons (Fsp3) is 0.500. The molecule has 0 bridgehead atoms. The van der Waals surface area contributed by atoms with E-state index >= 15 is 0 Å². The van der Waals surface area contributed by atoms with E-state index in [1.165, 1.54) is 0 Å². The summed E-state index contributed by atoms with van der Waals surface area (Å²) in [4.78, 5) is 38.3. The van der Waals surface area contributed by atoms with Gasteiger partial charge in [0, 0.05) is 44.7 Å². The minimum absolute atomic E-state index is 0.0308. The summed E-state index contributed by atoms with van der Waals surface area (Å²) in [5.41, 5.74) is 2.45. The number of ether oxygens (including phenoxy) is 1. The Morgan fingerprint density at radius 3 is 2.52 bits per heavy atom. The molecule has 2 aliphatic rings. The number of aryl methyl sites for hydroxylation is 2. The first-order chi connectivity index (χ1) is 15.0. The molecule has 7 nitrogen and oxygen atoms in total. The van der Waals surface area contributed by atoms with Crippen LogP contribution in [0.4, 0.5) is 0 Å². The van der Waals surface area contributed by atoms with Crippen molar-refractivity contribution in [2.75, 3.05) is 33.3 Å². The molecule has 2 amide bonds. The predicted molar refractivity (Wildman–Crippen MR) is 117 cm³/mol. The number of hydrogen-bond acceptors (Lipinski definition) is 5. The monoisotopic (exact) mass is 422 g/mol. The van der Waals surface area contributed by atoms with Gasteiger partial charge in [0.25, 0.3) is 5.91 Å². The van der Waals surface area contributed by atoms with E-state index in [1.807, 2.05) is 41.0 Å². The highest BCUT2D eigenvalue weighted by Crippen LogP contribution is 2.26. The van der Waals surface area contributed by atoms with E-state index in [1.54, 1.807) is 13.3 Å². The third kappa shape index (κ3) is 4.86. The summed E-state index contributed by atoms with van der Waals surface area (Å²) in [6.45, 7) is 4.87. The Morgan fingerprint density at radius 1 is 1.10 bits per heavy atom. The van der Waals surface area contributed by atoms with Gasteiger partial charge in [-0.3, -0.25) is 9.59 Å². The number of amides is 2. The number of nitrogens with zero attached hydrogens (tertiary/aromatic N) is 4. The molecular weight excluding hydrogens is 392 g/mol.